The van der Waals surface area contributed by atoms with E-state index in [2.05, 4.69) is 13.8 Å². The van der Waals surface area contributed by atoms with Crippen LogP contribution in [0.4, 0.5) is 0 Å². The average molecular weight is 329 g/mol. The van der Waals surface area contributed by atoms with Gasteiger partial charge in [0.25, 0.3) is 0 Å². The van der Waals surface area contributed by atoms with Crippen molar-refractivity contribution in [2.45, 2.75) is 38.8 Å². The summed E-state index contributed by atoms with van der Waals surface area (Å²) >= 11 is 0. The van der Waals surface area contributed by atoms with Gasteiger partial charge in [0.1, 0.15) is 4.66 Å². The standard InChI is InChI=1S/C9H24O6Si2.C3H8/c1-9(2,16(10-3,11-4)12-5)17(13-6,14-7)15-8;1-3-2/h1-8H3;3H2,1-2H3. The highest BCUT2D eigenvalue weighted by Crippen LogP contribution is 2.47. The van der Waals surface area contributed by atoms with Crippen molar-refractivity contribution in [1.29, 1.82) is 0 Å². The molecule has 0 aliphatic heterocycles. The molecule has 0 fully saturated rings. The van der Waals surface area contributed by atoms with Crippen molar-refractivity contribution < 1.29 is 26.6 Å². The molecule has 0 heterocycles. The molecule has 124 valence electrons. The Morgan fingerprint density at radius 1 is 0.600 bits per heavy atom. The minimum absolute atomic E-state index is 0.628. The topological polar surface area (TPSA) is 55.4 Å². The lowest BCUT2D eigenvalue weighted by Gasteiger charge is -2.45. The van der Waals surface area contributed by atoms with E-state index in [1.54, 1.807) is 42.7 Å². The second-order valence-electron chi connectivity index (χ2n) is 4.67. The Hall–Kier alpha value is 0.194. The summed E-state index contributed by atoms with van der Waals surface area (Å²) < 4.78 is 32.4. The summed E-state index contributed by atoms with van der Waals surface area (Å²) in [5.41, 5.74) is 0. The zero-order valence-electron chi connectivity index (χ0n) is 14.7. The normalized spacial score (nSPS) is 12.9. The molecule has 0 saturated heterocycles. The van der Waals surface area contributed by atoms with Gasteiger partial charge in [-0.2, -0.15) is 0 Å². The Labute approximate surface area is 126 Å². The first-order chi connectivity index (χ1) is 9.28. The molecule has 0 radical (unpaired) electrons. The highest BCUT2D eigenvalue weighted by atomic mass is 28.5. The molecule has 0 atom stereocenters. The summed E-state index contributed by atoms with van der Waals surface area (Å²) in [6, 6.07) is 0. The fraction of sp³-hybridized carbons (Fsp3) is 1.00. The van der Waals surface area contributed by atoms with E-state index in [-0.39, 0.29) is 0 Å². The molecule has 0 rings (SSSR count). The van der Waals surface area contributed by atoms with Crippen LogP contribution in [0.2, 0.25) is 4.66 Å². The van der Waals surface area contributed by atoms with Gasteiger partial charge in [-0.15, -0.1) is 0 Å². The Morgan fingerprint density at radius 2 is 0.750 bits per heavy atom. The van der Waals surface area contributed by atoms with Gasteiger partial charge in [0.05, 0.1) is 0 Å². The van der Waals surface area contributed by atoms with Gasteiger partial charge in [-0.1, -0.05) is 34.1 Å². The molecule has 0 amide bonds. The van der Waals surface area contributed by atoms with Crippen LogP contribution in [0.15, 0.2) is 0 Å². The molecular weight excluding hydrogens is 296 g/mol. The van der Waals surface area contributed by atoms with E-state index in [1.807, 2.05) is 13.8 Å². The lowest BCUT2D eigenvalue weighted by atomic mass is 10.5. The molecule has 0 spiro atoms. The molecule has 6 nitrogen and oxygen atoms in total. The van der Waals surface area contributed by atoms with Crippen LogP contribution in [0.25, 0.3) is 0 Å². The van der Waals surface area contributed by atoms with Crippen molar-refractivity contribution >= 4 is 17.6 Å². The van der Waals surface area contributed by atoms with Gasteiger partial charge in [0, 0.05) is 42.7 Å². The molecule has 0 N–H and O–H groups in total. The molecule has 20 heavy (non-hydrogen) atoms. The van der Waals surface area contributed by atoms with Crippen molar-refractivity contribution in [2.75, 3.05) is 42.7 Å². The third-order valence-corrected chi connectivity index (χ3v) is 11.3. The number of rotatable bonds is 8. The van der Waals surface area contributed by atoms with Crippen LogP contribution < -0.4 is 0 Å². The maximum atomic E-state index is 5.50. The molecule has 0 aromatic heterocycles. The number of hydrogen-bond acceptors (Lipinski definition) is 6. The summed E-state index contributed by atoms with van der Waals surface area (Å²) in [5.74, 6) is 0. The summed E-state index contributed by atoms with van der Waals surface area (Å²) in [4.78, 5) is 0. The van der Waals surface area contributed by atoms with Gasteiger partial charge in [-0.25, -0.2) is 0 Å². The van der Waals surface area contributed by atoms with Gasteiger partial charge in [-0.05, 0) is 0 Å². The Kier molecular flexibility index (Phi) is 11.2. The van der Waals surface area contributed by atoms with Crippen LogP contribution in [0.5, 0.6) is 0 Å². The maximum absolute atomic E-state index is 5.50. The van der Waals surface area contributed by atoms with E-state index in [1.165, 1.54) is 6.42 Å². The Morgan fingerprint density at radius 3 is 0.850 bits per heavy atom. The van der Waals surface area contributed by atoms with E-state index < -0.39 is 22.3 Å². The van der Waals surface area contributed by atoms with Gasteiger partial charge in [0.15, 0.2) is 0 Å². The molecule has 0 unspecified atom stereocenters. The van der Waals surface area contributed by atoms with E-state index >= 15 is 0 Å². The van der Waals surface area contributed by atoms with Crippen LogP contribution in [0.3, 0.4) is 0 Å². The second kappa shape index (κ2) is 10.0. The van der Waals surface area contributed by atoms with E-state index in [4.69, 9.17) is 26.6 Å². The summed E-state index contributed by atoms with van der Waals surface area (Å²) in [6.07, 6.45) is 1.25. The zero-order valence-corrected chi connectivity index (χ0v) is 16.7. The van der Waals surface area contributed by atoms with Gasteiger partial charge >= 0.3 is 17.6 Å². The van der Waals surface area contributed by atoms with Crippen LogP contribution in [-0.2, 0) is 26.6 Å². The van der Waals surface area contributed by atoms with Crippen LogP contribution in [0, 0.1) is 0 Å². The van der Waals surface area contributed by atoms with Gasteiger partial charge in [-0.3, -0.25) is 0 Å². The van der Waals surface area contributed by atoms with E-state index in [0.717, 1.165) is 0 Å². The Bertz CT molecular complexity index is 204. The minimum Gasteiger partial charge on any atom is -0.377 e. The molecule has 0 aliphatic carbocycles. The molecule has 0 bridgehead atoms. The second-order valence-corrected chi connectivity index (χ2v) is 12.3. The first-order valence-electron chi connectivity index (χ1n) is 6.59. The Balaban J connectivity index is 0. The molecule has 0 aromatic carbocycles. The summed E-state index contributed by atoms with van der Waals surface area (Å²) in [5, 5.41) is 0. The lowest BCUT2D eigenvalue weighted by molar-refractivity contribution is 0.0618. The van der Waals surface area contributed by atoms with Crippen molar-refractivity contribution in [3.05, 3.63) is 0 Å². The van der Waals surface area contributed by atoms with E-state index in [9.17, 15) is 0 Å². The quantitative estimate of drug-likeness (QED) is 0.638. The van der Waals surface area contributed by atoms with Crippen molar-refractivity contribution in [2.24, 2.45) is 0 Å². The highest BCUT2D eigenvalue weighted by molar-refractivity contribution is 6.84. The predicted molar refractivity (Wildman–Crippen MR) is 83.6 cm³/mol. The predicted octanol–water partition coefficient (Wildman–Crippen LogP) is 2.48. The first-order valence-corrected chi connectivity index (χ1v) is 10.0. The average Bonchev–Trinajstić information content (AvgIpc) is 2.44. The molecule has 0 aliphatic rings. The fourth-order valence-electron chi connectivity index (χ4n) is 2.22. The van der Waals surface area contributed by atoms with Crippen LogP contribution in [-0.4, -0.2) is 60.3 Å². The van der Waals surface area contributed by atoms with Crippen LogP contribution >= 0.6 is 0 Å². The molecule has 8 heteroatoms. The number of hydrogen-bond donors (Lipinski definition) is 0. The van der Waals surface area contributed by atoms with Gasteiger partial charge in [0.2, 0.25) is 0 Å². The highest BCUT2D eigenvalue weighted by Gasteiger charge is 2.70. The molecule has 0 saturated carbocycles. The third-order valence-electron chi connectivity index (χ3n) is 3.14. The van der Waals surface area contributed by atoms with Crippen molar-refractivity contribution in [3.63, 3.8) is 0 Å². The smallest absolute Gasteiger partial charge is 0.377 e. The monoisotopic (exact) mass is 328 g/mol. The van der Waals surface area contributed by atoms with E-state index in [0.29, 0.717) is 0 Å². The minimum atomic E-state index is -2.96. The maximum Gasteiger partial charge on any atom is 0.510 e. The van der Waals surface area contributed by atoms with Crippen molar-refractivity contribution in [3.8, 4) is 0 Å². The van der Waals surface area contributed by atoms with Gasteiger partial charge < -0.3 is 26.6 Å². The third kappa shape index (κ3) is 4.11. The zero-order chi connectivity index (χ0) is 16.4. The molecular formula is C12H32O6Si2. The summed E-state index contributed by atoms with van der Waals surface area (Å²) in [6.45, 7) is 8.08. The molecule has 0 aromatic rings. The summed E-state index contributed by atoms with van der Waals surface area (Å²) in [7, 11) is 3.43. The van der Waals surface area contributed by atoms with Crippen molar-refractivity contribution in [1.82, 2.24) is 0 Å². The van der Waals surface area contributed by atoms with Crippen LogP contribution in [0.1, 0.15) is 34.1 Å². The fourth-order valence-corrected chi connectivity index (χ4v) is 9.62. The first kappa shape index (κ1) is 22.5. The SMILES string of the molecule is CCC.CO[Si](OC)(OC)C(C)(C)[Si](OC)(OC)OC. The largest absolute Gasteiger partial charge is 0.510 e. The lowest BCUT2D eigenvalue weighted by Crippen LogP contribution is -2.67.